The Morgan fingerprint density at radius 2 is 1.95 bits per heavy atom. The van der Waals surface area contributed by atoms with Gasteiger partial charge in [0.05, 0.1) is 5.56 Å². The van der Waals surface area contributed by atoms with Crippen molar-refractivity contribution in [3.63, 3.8) is 0 Å². The number of alkyl halides is 3. The van der Waals surface area contributed by atoms with Crippen LogP contribution in [-0.4, -0.2) is 30.0 Å². The first kappa shape index (κ1) is 15.3. The molecule has 1 aromatic heterocycles. The highest BCUT2D eigenvalue weighted by Crippen LogP contribution is 2.32. The van der Waals surface area contributed by atoms with E-state index >= 15 is 0 Å². The molecule has 9 heteroatoms. The number of carboxylic acids is 1. The van der Waals surface area contributed by atoms with E-state index in [1.165, 1.54) is 0 Å². The van der Waals surface area contributed by atoms with Crippen molar-refractivity contribution >= 4 is 28.4 Å². The lowest BCUT2D eigenvalue weighted by Crippen LogP contribution is -2.23. The Bertz CT molecular complexity index is 510. The molecule has 5 nitrogen and oxygen atoms in total. The monoisotopic (exact) mass is 297 g/mol. The van der Waals surface area contributed by atoms with Crippen LogP contribution in [0.15, 0.2) is 0 Å². The van der Waals surface area contributed by atoms with Gasteiger partial charge in [-0.1, -0.05) is 0 Å². The van der Waals surface area contributed by atoms with Crippen molar-refractivity contribution in [2.75, 3.05) is 11.9 Å². The Labute approximate surface area is 110 Å². The molecule has 0 fully saturated rings. The van der Waals surface area contributed by atoms with E-state index in [-0.39, 0.29) is 10.6 Å². The number of anilines is 1. The zero-order chi connectivity index (χ0) is 14.8. The third-order valence-corrected chi connectivity index (χ3v) is 3.30. The normalized spacial score (nSPS) is 11.2. The molecule has 1 aromatic rings. The van der Waals surface area contributed by atoms with Gasteiger partial charge in [0, 0.05) is 4.88 Å². The lowest BCUT2D eigenvalue weighted by molar-refractivity contribution is -0.159. The van der Waals surface area contributed by atoms with Crippen molar-refractivity contribution in [3.05, 3.63) is 16.0 Å². The van der Waals surface area contributed by atoms with Gasteiger partial charge in [-0.2, -0.15) is 13.2 Å². The summed E-state index contributed by atoms with van der Waals surface area (Å²) >= 11 is 0.957. The molecule has 0 aromatic carbocycles. The number of aromatic carboxylic acids is 1. The summed E-state index contributed by atoms with van der Waals surface area (Å²) in [6.07, 6.45) is -5.98. The fraction of sp³-hybridized carbons (Fsp3) is 0.400. The first-order valence-corrected chi connectivity index (χ1v) is 5.77. The van der Waals surface area contributed by atoms with Gasteiger partial charge in [-0.05, 0) is 19.4 Å². The predicted octanol–water partition coefficient (Wildman–Crippen LogP) is 3.17. The van der Waals surface area contributed by atoms with Crippen molar-refractivity contribution in [3.8, 4) is 0 Å². The highest BCUT2D eigenvalue weighted by Gasteiger charge is 2.30. The molecule has 0 radical (unpaired) electrons. The zero-order valence-electron chi connectivity index (χ0n) is 9.92. The van der Waals surface area contributed by atoms with Crippen LogP contribution in [0.2, 0.25) is 0 Å². The summed E-state index contributed by atoms with van der Waals surface area (Å²) in [4.78, 5) is 22.8. The maximum atomic E-state index is 11.8. The average molecular weight is 297 g/mol. The number of carbonyl (C=O) groups is 2. The van der Waals surface area contributed by atoms with Gasteiger partial charge in [0.15, 0.2) is 6.61 Å². The van der Waals surface area contributed by atoms with Crippen molar-refractivity contribution < 1.29 is 32.6 Å². The van der Waals surface area contributed by atoms with Gasteiger partial charge >= 0.3 is 18.2 Å². The van der Waals surface area contributed by atoms with E-state index in [4.69, 9.17) is 5.11 Å². The molecule has 0 aliphatic rings. The van der Waals surface area contributed by atoms with E-state index in [9.17, 15) is 22.8 Å². The number of nitrogens with one attached hydrogen (secondary N) is 1. The number of carbonyl (C=O) groups excluding carboxylic acids is 1. The van der Waals surface area contributed by atoms with Crippen LogP contribution in [-0.2, 0) is 4.74 Å². The summed E-state index contributed by atoms with van der Waals surface area (Å²) in [5.41, 5.74) is 0.301. The summed E-state index contributed by atoms with van der Waals surface area (Å²) in [6, 6.07) is 0. The Hall–Kier alpha value is -1.77. The minimum atomic E-state index is -4.63. The topological polar surface area (TPSA) is 75.6 Å². The minimum Gasteiger partial charge on any atom is -0.478 e. The fourth-order valence-corrected chi connectivity index (χ4v) is 2.29. The van der Waals surface area contributed by atoms with Gasteiger partial charge in [-0.3, -0.25) is 5.32 Å². The number of hydrogen-bond acceptors (Lipinski definition) is 4. The van der Waals surface area contributed by atoms with E-state index < -0.39 is 24.8 Å². The van der Waals surface area contributed by atoms with Crippen LogP contribution in [0.3, 0.4) is 0 Å². The summed E-state index contributed by atoms with van der Waals surface area (Å²) < 4.78 is 39.4. The molecule has 0 bridgehead atoms. The second-order valence-corrected chi connectivity index (χ2v) is 4.83. The molecule has 0 aliphatic carbocycles. The molecule has 0 unspecified atom stereocenters. The quantitative estimate of drug-likeness (QED) is 0.898. The van der Waals surface area contributed by atoms with E-state index in [1.54, 1.807) is 13.8 Å². The molecule has 1 amide bonds. The minimum absolute atomic E-state index is 0.0466. The van der Waals surface area contributed by atoms with Gasteiger partial charge in [-0.15, -0.1) is 11.3 Å². The lowest BCUT2D eigenvalue weighted by Gasteiger charge is -2.08. The molecule has 0 saturated heterocycles. The van der Waals surface area contributed by atoms with Crippen LogP contribution in [0.1, 0.15) is 20.8 Å². The largest absolute Gasteiger partial charge is 0.478 e. The molecule has 19 heavy (non-hydrogen) atoms. The van der Waals surface area contributed by atoms with E-state index in [1.807, 2.05) is 5.32 Å². The molecule has 1 rings (SSSR count). The molecule has 0 saturated carbocycles. The number of carboxylic acid groups (broad SMARTS) is 1. The number of amides is 1. The van der Waals surface area contributed by atoms with Crippen molar-refractivity contribution in [2.45, 2.75) is 20.0 Å². The SMILES string of the molecule is Cc1sc(NC(=O)OCC(F)(F)F)c(C(=O)O)c1C. The van der Waals surface area contributed by atoms with Crippen molar-refractivity contribution in [1.82, 2.24) is 0 Å². The second kappa shape index (κ2) is 5.47. The molecule has 2 N–H and O–H groups in total. The third kappa shape index (κ3) is 4.12. The van der Waals surface area contributed by atoms with Gasteiger partial charge < -0.3 is 9.84 Å². The maximum Gasteiger partial charge on any atom is 0.422 e. The van der Waals surface area contributed by atoms with Crippen LogP contribution in [0.25, 0.3) is 0 Å². The van der Waals surface area contributed by atoms with Crippen molar-refractivity contribution in [1.29, 1.82) is 0 Å². The summed E-state index contributed by atoms with van der Waals surface area (Å²) in [6.45, 7) is 1.45. The Morgan fingerprint density at radius 3 is 2.42 bits per heavy atom. The van der Waals surface area contributed by atoms with Crippen LogP contribution in [0.5, 0.6) is 0 Å². The van der Waals surface area contributed by atoms with Crippen molar-refractivity contribution in [2.24, 2.45) is 0 Å². The number of aryl methyl sites for hydroxylation is 1. The standard InChI is InChI=1S/C10H10F3NO4S/c1-4-5(2)19-7(6(4)8(15)16)14-9(17)18-3-10(11,12)13/h3H2,1-2H3,(H,14,17)(H,15,16). The van der Waals surface area contributed by atoms with Gasteiger partial charge in [-0.25, -0.2) is 9.59 Å². The van der Waals surface area contributed by atoms with Gasteiger partial charge in [0.25, 0.3) is 0 Å². The first-order chi connectivity index (χ1) is 8.61. The van der Waals surface area contributed by atoms with Crippen LogP contribution in [0.4, 0.5) is 23.0 Å². The number of thiophene rings is 1. The third-order valence-electron chi connectivity index (χ3n) is 2.18. The first-order valence-electron chi connectivity index (χ1n) is 4.95. The van der Waals surface area contributed by atoms with Crippen LogP contribution >= 0.6 is 11.3 Å². The number of ether oxygens (including phenoxy) is 1. The number of hydrogen-bond donors (Lipinski definition) is 2. The zero-order valence-corrected chi connectivity index (χ0v) is 10.7. The maximum absolute atomic E-state index is 11.8. The number of halogens is 3. The molecule has 1 heterocycles. The Balaban J connectivity index is 2.80. The summed E-state index contributed by atoms with van der Waals surface area (Å²) in [5.74, 6) is -1.27. The second-order valence-electron chi connectivity index (χ2n) is 3.61. The van der Waals surface area contributed by atoms with Gasteiger partial charge in [0.2, 0.25) is 0 Å². The van der Waals surface area contributed by atoms with E-state index in [0.717, 1.165) is 11.3 Å². The van der Waals surface area contributed by atoms with Crippen LogP contribution < -0.4 is 5.32 Å². The molecular formula is C10H10F3NO4S. The molecule has 0 aliphatic heterocycles. The van der Waals surface area contributed by atoms with E-state index in [0.29, 0.717) is 10.4 Å². The predicted molar refractivity (Wildman–Crippen MR) is 61.8 cm³/mol. The van der Waals surface area contributed by atoms with E-state index in [2.05, 4.69) is 4.74 Å². The summed E-state index contributed by atoms with van der Waals surface area (Å²) in [5, 5.41) is 10.9. The smallest absolute Gasteiger partial charge is 0.422 e. The van der Waals surface area contributed by atoms with Gasteiger partial charge in [0.1, 0.15) is 5.00 Å². The average Bonchev–Trinajstić information content (AvgIpc) is 2.50. The molecule has 106 valence electrons. The molecule has 0 spiro atoms. The lowest BCUT2D eigenvalue weighted by atomic mass is 10.1. The fourth-order valence-electron chi connectivity index (χ4n) is 1.25. The highest BCUT2D eigenvalue weighted by atomic mass is 32.1. The summed E-state index contributed by atoms with van der Waals surface area (Å²) in [7, 11) is 0. The highest BCUT2D eigenvalue weighted by molar-refractivity contribution is 7.16. The Kier molecular flexibility index (Phi) is 4.40. The van der Waals surface area contributed by atoms with Crippen LogP contribution in [0, 0.1) is 13.8 Å². The number of rotatable bonds is 3. The molecule has 0 atom stereocenters. The Morgan fingerprint density at radius 1 is 1.37 bits per heavy atom. The molecular weight excluding hydrogens is 287 g/mol.